The normalized spacial score (nSPS) is 14.0. The Morgan fingerprint density at radius 2 is 1.87 bits per heavy atom. The smallest absolute Gasteiger partial charge is 0.322 e. The first-order chi connectivity index (χ1) is 14.4. The van der Waals surface area contributed by atoms with E-state index in [1.807, 2.05) is 24.3 Å². The number of esters is 1. The summed E-state index contributed by atoms with van der Waals surface area (Å²) in [6, 6.07) is 12.5. The first-order valence-electron chi connectivity index (χ1n) is 9.95. The summed E-state index contributed by atoms with van der Waals surface area (Å²) in [6.45, 7) is 3.98. The molecule has 3 rings (SSSR count). The summed E-state index contributed by atoms with van der Waals surface area (Å²) in [7, 11) is 0. The van der Waals surface area contributed by atoms with Crippen molar-refractivity contribution in [2.24, 2.45) is 0 Å². The second kappa shape index (κ2) is 9.39. The van der Waals surface area contributed by atoms with Crippen molar-refractivity contribution in [3.8, 4) is 0 Å². The molecule has 1 heterocycles. The van der Waals surface area contributed by atoms with E-state index in [-0.39, 0.29) is 23.8 Å². The van der Waals surface area contributed by atoms with Gasteiger partial charge in [-0.1, -0.05) is 36.4 Å². The van der Waals surface area contributed by atoms with E-state index in [1.165, 1.54) is 6.07 Å². The second-order valence-corrected chi connectivity index (χ2v) is 7.44. The Balaban J connectivity index is 1.89. The lowest BCUT2D eigenvalue weighted by molar-refractivity contribution is -0.385. The van der Waals surface area contributed by atoms with Gasteiger partial charge < -0.3 is 10.1 Å². The summed E-state index contributed by atoms with van der Waals surface area (Å²) in [6.07, 6.45) is 1.17. The molecule has 158 valence electrons. The van der Waals surface area contributed by atoms with Crippen LogP contribution in [0.5, 0.6) is 0 Å². The summed E-state index contributed by atoms with van der Waals surface area (Å²) < 4.78 is 5.21. The zero-order valence-electron chi connectivity index (χ0n) is 17.0. The number of fused-ring (bicyclic) bond motifs is 1. The third kappa shape index (κ3) is 4.94. The third-order valence-electron chi connectivity index (χ3n) is 4.90. The minimum Gasteiger partial charge on any atom is -0.463 e. The van der Waals surface area contributed by atoms with Crippen molar-refractivity contribution in [2.75, 3.05) is 11.4 Å². The van der Waals surface area contributed by atoms with E-state index in [0.29, 0.717) is 6.54 Å². The van der Waals surface area contributed by atoms with Crippen LogP contribution in [-0.4, -0.2) is 29.6 Å². The Bertz CT molecular complexity index is 944. The first kappa shape index (κ1) is 21.3. The highest BCUT2D eigenvalue weighted by Gasteiger charge is 2.30. The fraction of sp³-hybridized carbons (Fsp3) is 0.364. The standard InChI is InChI=1S/C22H25N3O5/c1-15(2)30-21(26)14-18(17-10-4-6-12-20(17)25(28)29)23-22(27)24-13-7-9-16-8-3-5-11-19(16)24/h3-6,8,10-12,15,18H,7,9,13-14H2,1-2H3,(H,23,27)/t18-/m0/s1. The molecule has 1 N–H and O–H groups in total. The van der Waals surface area contributed by atoms with Crippen molar-refractivity contribution in [1.29, 1.82) is 0 Å². The molecule has 1 aliphatic heterocycles. The highest BCUT2D eigenvalue weighted by molar-refractivity contribution is 5.93. The number of urea groups is 1. The summed E-state index contributed by atoms with van der Waals surface area (Å²) >= 11 is 0. The van der Waals surface area contributed by atoms with Crippen LogP contribution in [-0.2, 0) is 16.0 Å². The predicted octanol–water partition coefficient (Wildman–Crippen LogP) is 4.14. The molecular weight excluding hydrogens is 386 g/mol. The molecule has 0 spiro atoms. The molecule has 0 radical (unpaired) electrons. The van der Waals surface area contributed by atoms with Gasteiger partial charge in [0.05, 0.1) is 29.1 Å². The Hall–Kier alpha value is -3.42. The fourth-order valence-electron chi connectivity index (χ4n) is 3.64. The largest absolute Gasteiger partial charge is 0.463 e. The fourth-order valence-corrected chi connectivity index (χ4v) is 3.64. The maximum Gasteiger partial charge on any atom is 0.322 e. The average molecular weight is 411 g/mol. The summed E-state index contributed by atoms with van der Waals surface area (Å²) in [5.74, 6) is -0.535. The van der Waals surface area contributed by atoms with Crippen LogP contribution < -0.4 is 10.2 Å². The van der Waals surface area contributed by atoms with Gasteiger partial charge in [0.1, 0.15) is 0 Å². The number of nitro groups is 1. The number of aryl methyl sites for hydroxylation is 1. The van der Waals surface area contributed by atoms with E-state index >= 15 is 0 Å². The molecular formula is C22H25N3O5. The maximum atomic E-state index is 13.1. The van der Waals surface area contributed by atoms with Gasteiger partial charge in [-0.25, -0.2) is 4.79 Å². The Morgan fingerprint density at radius 3 is 2.60 bits per heavy atom. The van der Waals surface area contributed by atoms with Crippen molar-refractivity contribution < 1.29 is 19.2 Å². The second-order valence-electron chi connectivity index (χ2n) is 7.44. The van der Waals surface area contributed by atoms with Crippen LogP contribution in [0, 0.1) is 10.1 Å². The van der Waals surface area contributed by atoms with Crippen molar-refractivity contribution in [3.05, 3.63) is 69.8 Å². The number of ether oxygens (including phenoxy) is 1. The maximum absolute atomic E-state index is 13.1. The molecule has 0 fully saturated rings. The molecule has 8 heteroatoms. The minimum absolute atomic E-state index is 0.154. The first-order valence-corrected chi connectivity index (χ1v) is 9.95. The van der Waals surface area contributed by atoms with E-state index in [4.69, 9.17) is 4.74 Å². The van der Waals surface area contributed by atoms with E-state index < -0.39 is 23.0 Å². The lowest BCUT2D eigenvalue weighted by Gasteiger charge is -2.31. The van der Waals surface area contributed by atoms with Crippen LogP contribution in [0.2, 0.25) is 0 Å². The molecule has 8 nitrogen and oxygen atoms in total. The average Bonchev–Trinajstić information content (AvgIpc) is 2.72. The number of carbonyl (C=O) groups excluding carboxylic acids is 2. The molecule has 0 saturated heterocycles. The van der Waals surface area contributed by atoms with Crippen LogP contribution >= 0.6 is 0 Å². The topological polar surface area (TPSA) is 102 Å². The van der Waals surface area contributed by atoms with E-state index in [2.05, 4.69) is 5.32 Å². The molecule has 0 aromatic heterocycles. The van der Waals surface area contributed by atoms with Crippen molar-refractivity contribution in [1.82, 2.24) is 5.32 Å². The van der Waals surface area contributed by atoms with Gasteiger partial charge in [-0.15, -0.1) is 0 Å². The number of amides is 2. The van der Waals surface area contributed by atoms with Crippen LogP contribution in [0.15, 0.2) is 48.5 Å². The van der Waals surface area contributed by atoms with E-state index in [1.54, 1.807) is 36.9 Å². The predicted molar refractivity (Wildman–Crippen MR) is 112 cm³/mol. The number of nitrogens with one attached hydrogen (secondary N) is 1. The number of nitrogens with zero attached hydrogens (tertiary/aromatic N) is 2. The number of hydrogen-bond donors (Lipinski definition) is 1. The highest BCUT2D eigenvalue weighted by Crippen LogP contribution is 2.30. The molecule has 2 aromatic rings. The molecule has 2 amide bonds. The van der Waals surface area contributed by atoms with Crippen LogP contribution in [0.3, 0.4) is 0 Å². The zero-order valence-corrected chi connectivity index (χ0v) is 17.0. The van der Waals surface area contributed by atoms with Crippen LogP contribution in [0.1, 0.15) is 43.9 Å². The van der Waals surface area contributed by atoms with Crippen molar-refractivity contribution in [2.45, 2.75) is 45.3 Å². The third-order valence-corrected chi connectivity index (χ3v) is 4.90. The lowest BCUT2D eigenvalue weighted by Crippen LogP contribution is -2.44. The number of benzene rings is 2. The quantitative estimate of drug-likeness (QED) is 0.437. The van der Waals surface area contributed by atoms with Gasteiger partial charge in [0.15, 0.2) is 0 Å². The van der Waals surface area contributed by atoms with Gasteiger partial charge >= 0.3 is 12.0 Å². The molecule has 0 unspecified atom stereocenters. The molecule has 2 aromatic carbocycles. The molecule has 30 heavy (non-hydrogen) atoms. The number of nitro benzene ring substituents is 1. The number of carbonyl (C=O) groups is 2. The van der Waals surface area contributed by atoms with E-state index in [0.717, 1.165) is 24.1 Å². The van der Waals surface area contributed by atoms with Crippen LogP contribution in [0.25, 0.3) is 0 Å². The minimum atomic E-state index is -0.889. The molecule has 1 atom stereocenters. The summed E-state index contributed by atoms with van der Waals surface area (Å²) in [4.78, 5) is 38.1. The SMILES string of the molecule is CC(C)OC(=O)C[C@H](NC(=O)N1CCCc2ccccc21)c1ccccc1[N+](=O)[O-]. The molecule has 1 aliphatic rings. The Morgan fingerprint density at radius 1 is 1.17 bits per heavy atom. The molecule has 0 aliphatic carbocycles. The summed E-state index contributed by atoms with van der Waals surface area (Å²) in [5, 5.41) is 14.3. The van der Waals surface area contributed by atoms with Gasteiger partial charge in [0.2, 0.25) is 0 Å². The molecule has 0 saturated carbocycles. The van der Waals surface area contributed by atoms with E-state index in [9.17, 15) is 19.7 Å². The Labute approximate surface area is 175 Å². The van der Waals surface area contributed by atoms with Crippen molar-refractivity contribution >= 4 is 23.4 Å². The number of para-hydroxylation sites is 2. The number of hydrogen-bond acceptors (Lipinski definition) is 5. The van der Waals surface area contributed by atoms with Gasteiger partial charge in [-0.3, -0.25) is 19.8 Å². The van der Waals surface area contributed by atoms with Gasteiger partial charge in [0.25, 0.3) is 5.69 Å². The monoisotopic (exact) mass is 411 g/mol. The summed E-state index contributed by atoms with van der Waals surface area (Å²) in [5.41, 5.74) is 1.99. The van der Waals surface area contributed by atoms with Gasteiger partial charge in [0, 0.05) is 18.3 Å². The molecule has 0 bridgehead atoms. The van der Waals surface area contributed by atoms with Crippen molar-refractivity contribution in [3.63, 3.8) is 0 Å². The highest BCUT2D eigenvalue weighted by atomic mass is 16.6. The van der Waals surface area contributed by atoms with Gasteiger partial charge in [-0.2, -0.15) is 0 Å². The van der Waals surface area contributed by atoms with Crippen LogP contribution in [0.4, 0.5) is 16.2 Å². The lowest BCUT2D eigenvalue weighted by atomic mass is 10.0. The number of anilines is 1. The zero-order chi connectivity index (χ0) is 21.7. The number of rotatable bonds is 6. The van der Waals surface area contributed by atoms with Gasteiger partial charge in [-0.05, 0) is 38.3 Å². The Kier molecular flexibility index (Phi) is 6.66.